The van der Waals surface area contributed by atoms with Crippen LogP contribution in [0, 0.1) is 5.92 Å². The van der Waals surface area contributed by atoms with Gasteiger partial charge >= 0.3 is 0 Å². The van der Waals surface area contributed by atoms with E-state index in [4.69, 9.17) is 14.5 Å². The summed E-state index contributed by atoms with van der Waals surface area (Å²) in [5.74, 6) is 0.569. The van der Waals surface area contributed by atoms with E-state index in [-0.39, 0.29) is 0 Å². The van der Waals surface area contributed by atoms with E-state index < -0.39 is 0 Å². The maximum absolute atomic E-state index is 5.66. The number of imidazole rings is 1. The summed E-state index contributed by atoms with van der Waals surface area (Å²) in [7, 11) is 0. The average molecular weight is 400 g/mol. The molecule has 0 aliphatic carbocycles. The molecule has 1 N–H and O–H groups in total. The number of ether oxygens (including phenoxy) is 2. The molecule has 2 aliphatic heterocycles. The van der Waals surface area contributed by atoms with Crippen molar-refractivity contribution in [3.8, 4) is 11.3 Å². The number of nitrogens with one attached hydrogen (secondary N) is 1. The van der Waals surface area contributed by atoms with Gasteiger partial charge in [0.1, 0.15) is 0 Å². The van der Waals surface area contributed by atoms with Crippen LogP contribution in [0.3, 0.4) is 0 Å². The maximum Gasteiger partial charge on any atom is 0.214 e. The molecule has 2 aromatic heterocycles. The van der Waals surface area contributed by atoms with E-state index in [2.05, 4.69) is 27.4 Å². The minimum atomic E-state index is 0.447. The first-order valence-electron chi connectivity index (χ1n) is 9.92. The van der Waals surface area contributed by atoms with Crippen LogP contribution in [0.4, 0.5) is 5.13 Å². The highest BCUT2D eigenvalue weighted by Gasteiger charge is 2.31. The molecule has 7 nitrogen and oxygen atoms in total. The highest BCUT2D eigenvalue weighted by molar-refractivity contribution is 7.20. The van der Waals surface area contributed by atoms with E-state index in [0.29, 0.717) is 12.0 Å². The van der Waals surface area contributed by atoms with Crippen LogP contribution >= 0.6 is 11.3 Å². The van der Waals surface area contributed by atoms with Gasteiger partial charge in [-0.1, -0.05) is 41.7 Å². The molecule has 28 heavy (non-hydrogen) atoms. The fourth-order valence-corrected chi connectivity index (χ4v) is 4.86. The zero-order chi connectivity index (χ0) is 18.8. The lowest BCUT2D eigenvalue weighted by atomic mass is 9.97. The summed E-state index contributed by atoms with van der Waals surface area (Å²) in [6, 6.07) is 10.7. The predicted octanol–water partition coefficient (Wildman–Crippen LogP) is 2.61. The van der Waals surface area contributed by atoms with Crippen LogP contribution in [0.1, 0.15) is 6.42 Å². The Morgan fingerprint density at radius 3 is 2.75 bits per heavy atom. The lowest BCUT2D eigenvalue weighted by Crippen LogP contribution is -2.50. The molecule has 4 heterocycles. The Balaban J connectivity index is 1.29. The Kier molecular flexibility index (Phi) is 5.26. The normalized spacial score (nSPS) is 21.9. The molecule has 148 valence electrons. The number of morpholine rings is 1. The molecule has 0 saturated carbocycles. The molecule has 2 fully saturated rings. The van der Waals surface area contributed by atoms with Crippen molar-refractivity contribution in [3.05, 3.63) is 36.5 Å². The summed E-state index contributed by atoms with van der Waals surface area (Å²) in [6.07, 6.45) is 3.13. The van der Waals surface area contributed by atoms with Gasteiger partial charge in [0, 0.05) is 43.8 Å². The molecule has 8 heteroatoms. The third kappa shape index (κ3) is 3.77. The van der Waals surface area contributed by atoms with Crippen molar-refractivity contribution < 1.29 is 9.47 Å². The van der Waals surface area contributed by atoms with Crippen molar-refractivity contribution in [2.75, 3.05) is 51.4 Å². The van der Waals surface area contributed by atoms with E-state index in [1.165, 1.54) is 0 Å². The summed E-state index contributed by atoms with van der Waals surface area (Å²) in [5.41, 5.74) is 2.07. The topological polar surface area (TPSA) is 63.9 Å². The van der Waals surface area contributed by atoms with Crippen molar-refractivity contribution in [3.63, 3.8) is 0 Å². The standard InChI is InChI=1S/C20H25N5O2S/c1-2-4-15(5-3-1)17-13-25-20(22-17)28-19(23-25)21-12-18(16-6-9-27-14-16)24-7-10-26-11-8-24/h1-5,13,16,18H,6-12,14H2,(H,21,23)/t16-,18+/m1/s1. The monoisotopic (exact) mass is 399 g/mol. The Hall–Kier alpha value is -2.00. The third-order valence-electron chi connectivity index (χ3n) is 5.60. The number of hydrogen-bond acceptors (Lipinski definition) is 7. The van der Waals surface area contributed by atoms with Gasteiger partial charge in [-0.15, -0.1) is 5.10 Å². The lowest BCUT2D eigenvalue weighted by molar-refractivity contribution is 0.00461. The van der Waals surface area contributed by atoms with Crippen LogP contribution in [0.5, 0.6) is 0 Å². The fourth-order valence-electron chi connectivity index (χ4n) is 4.07. The first-order valence-corrected chi connectivity index (χ1v) is 10.7. The maximum atomic E-state index is 5.66. The van der Waals surface area contributed by atoms with Crippen molar-refractivity contribution in [2.24, 2.45) is 5.92 Å². The molecule has 2 saturated heterocycles. The van der Waals surface area contributed by atoms with Gasteiger partial charge in [0.25, 0.3) is 0 Å². The first kappa shape index (κ1) is 18.1. The van der Waals surface area contributed by atoms with Gasteiger partial charge in [-0.2, -0.15) is 0 Å². The second kappa shape index (κ2) is 8.16. The Bertz CT molecular complexity index is 868. The molecule has 0 radical (unpaired) electrons. The summed E-state index contributed by atoms with van der Waals surface area (Å²) >= 11 is 1.60. The number of rotatable bonds is 6. The minimum absolute atomic E-state index is 0.447. The summed E-state index contributed by atoms with van der Waals surface area (Å²) in [5, 5.41) is 9.17. The SMILES string of the molecule is c1ccc(-c2cn3nc(NC[C@@H]([C@@H]4CCOC4)N4CCOCC4)sc3n2)cc1. The predicted molar refractivity (Wildman–Crippen MR) is 110 cm³/mol. The van der Waals surface area contributed by atoms with E-state index >= 15 is 0 Å². The third-order valence-corrected chi connectivity index (χ3v) is 6.48. The molecular formula is C20H25N5O2S. The molecule has 0 unspecified atom stereocenters. The summed E-state index contributed by atoms with van der Waals surface area (Å²) in [6.45, 7) is 6.21. The van der Waals surface area contributed by atoms with Crippen LogP contribution in [0.25, 0.3) is 16.2 Å². The molecular weight excluding hydrogens is 374 g/mol. The second-order valence-electron chi connectivity index (χ2n) is 7.35. The molecule has 2 aliphatic rings. The van der Waals surface area contributed by atoms with Crippen molar-refractivity contribution in [1.29, 1.82) is 0 Å². The van der Waals surface area contributed by atoms with Gasteiger partial charge in [0.2, 0.25) is 10.1 Å². The highest BCUT2D eigenvalue weighted by Crippen LogP contribution is 2.26. The summed E-state index contributed by atoms with van der Waals surface area (Å²) < 4.78 is 13.1. The van der Waals surface area contributed by atoms with Crippen molar-refractivity contribution in [2.45, 2.75) is 12.5 Å². The Labute approximate surface area is 168 Å². The number of benzene rings is 1. The smallest absolute Gasteiger partial charge is 0.214 e. The minimum Gasteiger partial charge on any atom is -0.381 e. The lowest BCUT2D eigenvalue weighted by Gasteiger charge is -2.37. The first-order chi connectivity index (χ1) is 13.9. The van der Waals surface area contributed by atoms with Crippen molar-refractivity contribution >= 4 is 21.4 Å². The van der Waals surface area contributed by atoms with Gasteiger partial charge in [0.15, 0.2) is 0 Å². The highest BCUT2D eigenvalue weighted by atomic mass is 32.1. The van der Waals surface area contributed by atoms with Crippen LogP contribution < -0.4 is 5.32 Å². The fraction of sp³-hybridized carbons (Fsp3) is 0.500. The van der Waals surface area contributed by atoms with Crippen LogP contribution in [0.15, 0.2) is 36.5 Å². The number of hydrogen-bond donors (Lipinski definition) is 1. The number of aromatic nitrogens is 3. The van der Waals surface area contributed by atoms with E-state index in [9.17, 15) is 0 Å². The van der Waals surface area contributed by atoms with Crippen LogP contribution in [0.2, 0.25) is 0 Å². The van der Waals surface area contributed by atoms with Crippen LogP contribution in [-0.2, 0) is 9.47 Å². The second-order valence-corrected chi connectivity index (χ2v) is 8.30. The molecule has 0 amide bonds. The Morgan fingerprint density at radius 2 is 2.00 bits per heavy atom. The molecule has 3 aromatic rings. The Morgan fingerprint density at radius 1 is 1.14 bits per heavy atom. The largest absolute Gasteiger partial charge is 0.381 e. The zero-order valence-electron chi connectivity index (χ0n) is 15.8. The van der Waals surface area contributed by atoms with Gasteiger partial charge in [-0.3, -0.25) is 4.90 Å². The van der Waals surface area contributed by atoms with Gasteiger partial charge in [-0.25, -0.2) is 9.50 Å². The average Bonchev–Trinajstić information content (AvgIpc) is 3.46. The van der Waals surface area contributed by atoms with Gasteiger partial charge in [-0.05, 0) is 6.42 Å². The molecule has 5 rings (SSSR count). The molecule has 2 atom stereocenters. The number of fused-ring (bicyclic) bond motifs is 1. The number of nitrogens with zero attached hydrogens (tertiary/aromatic N) is 4. The quantitative estimate of drug-likeness (QED) is 0.687. The van der Waals surface area contributed by atoms with Gasteiger partial charge < -0.3 is 14.8 Å². The van der Waals surface area contributed by atoms with E-state index in [1.807, 2.05) is 28.9 Å². The molecule has 0 bridgehead atoms. The van der Waals surface area contributed by atoms with E-state index in [0.717, 1.165) is 73.8 Å². The molecule has 0 spiro atoms. The van der Waals surface area contributed by atoms with Gasteiger partial charge in [0.05, 0.1) is 31.7 Å². The van der Waals surface area contributed by atoms with Crippen molar-refractivity contribution in [1.82, 2.24) is 19.5 Å². The summed E-state index contributed by atoms with van der Waals surface area (Å²) in [4.78, 5) is 8.18. The van der Waals surface area contributed by atoms with E-state index in [1.54, 1.807) is 11.3 Å². The zero-order valence-corrected chi connectivity index (χ0v) is 16.6. The number of anilines is 1. The molecule has 1 aromatic carbocycles. The van der Waals surface area contributed by atoms with Crippen LogP contribution in [-0.4, -0.2) is 71.6 Å².